The van der Waals surface area contributed by atoms with Crippen molar-refractivity contribution in [1.29, 1.82) is 0 Å². The molecule has 0 unspecified atom stereocenters. The highest BCUT2D eigenvalue weighted by Gasteiger charge is 2.12. The van der Waals surface area contributed by atoms with Crippen molar-refractivity contribution in [2.45, 2.75) is 6.92 Å². The lowest BCUT2D eigenvalue weighted by Gasteiger charge is -2.03. The maximum Gasteiger partial charge on any atom is 0.249 e. The number of aromatic nitrogens is 1. The Labute approximate surface area is 122 Å². The number of aryl methyl sites for hydroxylation is 1. The Morgan fingerprint density at radius 3 is 3.00 bits per heavy atom. The van der Waals surface area contributed by atoms with E-state index in [4.69, 9.17) is 9.47 Å². The first-order chi connectivity index (χ1) is 10.2. The number of fused-ring (bicyclic) bond motifs is 1. The second kappa shape index (κ2) is 5.66. The molecular weight excluding hydrogens is 268 g/mol. The van der Waals surface area contributed by atoms with Gasteiger partial charge < -0.3 is 14.8 Å². The number of amides is 1. The molecule has 106 valence electrons. The van der Waals surface area contributed by atoms with Crippen LogP contribution in [0.4, 0.5) is 5.82 Å². The van der Waals surface area contributed by atoms with Crippen molar-refractivity contribution in [3.05, 3.63) is 53.7 Å². The van der Waals surface area contributed by atoms with Crippen LogP contribution in [-0.4, -0.2) is 17.7 Å². The molecule has 0 fully saturated rings. The van der Waals surface area contributed by atoms with E-state index in [2.05, 4.69) is 10.3 Å². The number of nitrogens with one attached hydrogen (secondary N) is 1. The Bertz CT molecular complexity index is 710. The fourth-order valence-corrected chi connectivity index (χ4v) is 1.96. The summed E-state index contributed by atoms with van der Waals surface area (Å²) >= 11 is 0. The number of hydrogen-bond donors (Lipinski definition) is 1. The molecule has 0 bridgehead atoms. The summed E-state index contributed by atoms with van der Waals surface area (Å²) in [5.41, 5.74) is 1.79. The minimum absolute atomic E-state index is 0.227. The minimum Gasteiger partial charge on any atom is -0.454 e. The molecule has 0 saturated carbocycles. The molecule has 1 aliphatic rings. The van der Waals surface area contributed by atoms with E-state index in [1.54, 1.807) is 12.3 Å². The average molecular weight is 282 g/mol. The first-order valence-corrected chi connectivity index (χ1v) is 6.53. The van der Waals surface area contributed by atoms with E-state index in [1.165, 1.54) is 6.08 Å². The number of nitrogens with zero attached hydrogens (tertiary/aromatic N) is 1. The Balaban J connectivity index is 1.68. The zero-order valence-corrected chi connectivity index (χ0v) is 11.5. The van der Waals surface area contributed by atoms with E-state index in [-0.39, 0.29) is 12.7 Å². The van der Waals surface area contributed by atoms with Gasteiger partial charge in [0.15, 0.2) is 11.5 Å². The van der Waals surface area contributed by atoms with E-state index in [1.807, 2.05) is 37.3 Å². The lowest BCUT2D eigenvalue weighted by Crippen LogP contribution is -2.10. The third-order valence-electron chi connectivity index (χ3n) is 3.07. The fourth-order valence-electron chi connectivity index (χ4n) is 1.96. The normalized spacial score (nSPS) is 12.6. The Kier molecular flexibility index (Phi) is 3.55. The van der Waals surface area contributed by atoms with Crippen LogP contribution in [0.1, 0.15) is 11.1 Å². The van der Waals surface area contributed by atoms with Gasteiger partial charge in [-0.3, -0.25) is 4.79 Å². The summed E-state index contributed by atoms with van der Waals surface area (Å²) in [4.78, 5) is 16.0. The van der Waals surface area contributed by atoms with Crippen molar-refractivity contribution >= 4 is 17.8 Å². The van der Waals surface area contributed by atoms with Gasteiger partial charge in [0.2, 0.25) is 12.7 Å². The van der Waals surface area contributed by atoms with Crippen molar-refractivity contribution in [3.63, 3.8) is 0 Å². The van der Waals surface area contributed by atoms with Crippen LogP contribution < -0.4 is 14.8 Å². The molecule has 1 N–H and O–H groups in total. The van der Waals surface area contributed by atoms with Gasteiger partial charge in [-0.15, -0.1) is 0 Å². The van der Waals surface area contributed by atoms with Gasteiger partial charge in [-0.1, -0.05) is 12.1 Å². The molecule has 1 aromatic carbocycles. The highest BCUT2D eigenvalue weighted by Crippen LogP contribution is 2.32. The SMILES string of the molecule is Cc1cccnc1NC(=O)/C=C/c1ccc2c(c1)OCO2. The van der Waals surface area contributed by atoms with Gasteiger partial charge in [0.05, 0.1) is 0 Å². The van der Waals surface area contributed by atoms with Crippen molar-refractivity contribution in [1.82, 2.24) is 4.98 Å². The van der Waals surface area contributed by atoms with Crippen LogP contribution in [0.15, 0.2) is 42.6 Å². The number of rotatable bonds is 3. The lowest BCUT2D eigenvalue weighted by atomic mass is 10.2. The van der Waals surface area contributed by atoms with Gasteiger partial charge in [-0.25, -0.2) is 4.98 Å². The van der Waals surface area contributed by atoms with Crippen LogP contribution in [-0.2, 0) is 4.79 Å². The van der Waals surface area contributed by atoms with E-state index >= 15 is 0 Å². The summed E-state index contributed by atoms with van der Waals surface area (Å²) < 4.78 is 10.5. The number of ether oxygens (including phenoxy) is 2. The van der Waals surface area contributed by atoms with Gasteiger partial charge in [0.1, 0.15) is 5.82 Å². The summed E-state index contributed by atoms with van der Waals surface area (Å²) in [5, 5.41) is 2.74. The summed E-state index contributed by atoms with van der Waals surface area (Å²) in [6.45, 7) is 2.13. The number of carbonyl (C=O) groups excluding carboxylic acids is 1. The second-order valence-corrected chi connectivity index (χ2v) is 4.60. The largest absolute Gasteiger partial charge is 0.454 e. The molecular formula is C16H14N2O3. The Morgan fingerprint density at radius 2 is 2.14 bits per heavy atom. The van der Waals surface area contributed by atoms with Crippen molar-refractivity contribution in [2.75, 3.05) is 12.1 Å². The number of hydrogen-bond acceptors (Lipinski definition) is 4. The van der Waals surface area contributed by atoms with Crippen molar-refractivity contribution < 1.29 is 14.3 Å². The molecule has 21 heavy (non-hydrogen) atoms. The fraction of sp³-hybridized carbons (Fsp3) is 0.125. The molecule has 0 saturated heterocycles. The molecule has 1 amide bonds. The molecule has 0 atom stereocenters. The van der Waals surface area contributed by atoms with Crippen molar-refractivity contribution in [3.8, 4) is 11.5 Å². The van der Waals surface area contributed by atoms with Crippen LogP contribution in [0.2, 0.25) is 0 Å². The maximum atomic E-state index is 11.9. The number of anilines is 1. The molecule has 1 aliphatic heterocycles. The summed E-state index contributed by atoms with van der Waals surface area (Å²) in [6.07, 6.45) is 4.82. The topological polar surface area (TPSA) is 60.5 Å². The predicted molar refractivity (Wildman–Crippen MR) is 79.2 cm³/mol. The molecule has 2 heterocycles. The summed E-state index contributed by atoms with van der Waals surface area (Å²) in [5.74, 6) is 1.76. The van der Waals surface area contributed by atoms with Crippen molar-refractivity contribution in [2.24, 2.45) is 0 Å². The van der Waals surface area contributed by atoms with Gasteiger partial charge >= 0.3 is 0 Å². The van der Waals surface area contributed by atoms with Crippen LogP contribution in [0.3, 0.4) is 0 Å². The summed E-state index contributed by atoms with van der Waals surface area (Å²) in [7, 11) is 0. The van der Waals surface area contributed by atoms with Crippen LogP contribution >= 0.6 is 0 Å². The number of carbonyl (C=O) groups is 1. The third-order valence-corrected chi connectivity index (χ3v) is 3.07. The van der Waals surface area contributed by atoms with E-state index in [9.17, 15) is 4.79 Å². The number of benzene rings is 1. The van der Waals surface area contributed by atoms with Gasteiger partial charge in [-0.2, -0.15) is 0 Å². The first-order valence-electron chi connectivity index (χ1n) is 6.53. The quantitative estimate of drug-likeness (QED) is 0.879. The molecule has 5 heteroatoms. The second-order valence-electron chi connectivity index (χ2n) is 4.60. The smallest absolute Gasteiger partial charge is 0.249 e. The minimum atomic E-state index is -0.227. The summed E-state index contributed by atoms with van der Waals surface area (Å²) in [6, 6.07) is 9.24. The monoisotopic (exact) mass is 282 g/mol. The first kappa shape index (κ1) is 13.2. The molecule has 0 spiro atoms. The van der Waals surface area contributed by atoms with Crippen LogP contribution in [0, 0.1) is 6.92 Å². The van der Waals surface area contributed by atoms with Gasteiger partial charge in [0.25, 0.3) is 0 Å². The average Bonchev–Trinajstić information content (AvgIpc) is 2.95. The predicted octanol–water partition coefficient (Wildman–Crippen LogP) is 2.77. The highest BCUT2D eigenvalue weighted by atomic mass is 16.7. The molecule has 2 aromatic rings. The van der Waals surface area contributed by atoms with E-state index in [0.29, 0.717) is 11.6 Å². The van der Waals surface area contributed by atoms with Gasteiger partial charge in [-0.05, 0) is 42.3 Å². The zero-order chi connectivity index (χ0) is 14.7. The highest BCUT2D eigenvalue weighted by molar-refractivity contribution is 6.01. The Hall–Kier alpha value is -2.82. The Morgan fingerprint density at radius 1 is 1.29 bits per heavy atom. The maximum absolute atomic E-state index is 11.9. The third kappa shape index (κ3) is 3.02. The lowest BCUT2D eigenvalue weighted by molar-refractivity contribution is -0.111. The van der Waals surface area contributed by atoms with Gasteiger partial charge in [0, 0.05) is 12.3 Å². The zero-order valence-electron chi connectivity index (χ0n) is 11.5. The standard InChI is InChI=1S/C16H14N2O3/c1-11-3-2-8-17-16(11)18-15(19)7-5-12-4-6-13-14(9-12)21-10-20-13/h2-9H,10H2,1H3,(H,17,18,19)/b7-5+. The molecule has 0 aliphatic carbocycles. The molecule has 5 nitrogen and oxygen atoms in total. The molecule has 1 aromatic heterocycles. The number of pyridine rings is 1. The van der Waals surface area contributed by atoms with E-state index < -0.39 is 0 Å². The molecule has 0 radical (unpaired) electrons. The van der Waals surface area contributed by atoms with Crippen LogP contribution in [0.25, 0.3) is 6.08 Å². The van der Waals surface area contributed by atoms with E-state index in [0.717, 1.165) is 16.9 Å². The van der Waals surface area contributed by atoms with Crippen LogP contribution in [0.5, 0.6) is 11.5 Å². The molecule has 3 rings (SSSR count).